The molecule has 2 aromatic rings. The molecule has 0 spiro atoms. The summed E-state index contributed by atoms with van der Waals surface area (Å²) in [5, 5.41) is 8.25. The molecule has 0 radical (unpaired) electrons. The Morgan fingerprint density at radius 1 is 0.609 bits per heavy atom. The monoisotopic (exact) mass is 624 g/mol. The van der Waals surface area contributed by atoms with Crippen molar-refractivity contribution in [3.05, 3.63) is 58.7 Å². The minimum absolute atomic E-state index is 0.474. The number of aryl methyl sites for hydroxylation is 2. The normalized spacial score (nSPS) is 39.0. The molecule has 0 amide bonds. The zero-order valence-corrected chi connectivity index (χ0v) is 29.2. The number of rotatable bonds is 9. The van der Waals surface area contributed by atoms with Crippen molar-refractivity contribution in [1.82, 2.24) is 10.6 Å². The van der Waals surface area contributed by atoms with Crippen LogP contribution in [0, 0.1) is 34.5 Å². The third-order valence-corrected chi connectivity index (χ3v) is 15.3. The van der Waals surface area contributed by atoms with Gasteiger partial charge in [-0.05, 0) is 196 Å². The molecule has 0 aromatic heterocycles. The minimum atomic E-state index is 0.474. The van der Waals surface area contributed by atoms with E-state index in [2.05, 4.69) is 60.9 Å². The summed E-state index contributed by atoms with van der Waals surface area (Å²) in [6.07, 6.45) is 18.9. The summed E-state index contributed by atoms with van der Waals surface area (Å²) in [6.45, 7) is 7.67. The number of nitrogens with one attached hydrogen (secondary N) is 2. The van der Waals surface area contributed by atoms with Crippen LogP contribution in [0.15, 0.2) is 36.4 Å². The summed E-state index contributed by atoms with van der Waals surface area (Å²) in [5.74, 6) is 7.09. The van der Waals surface area contributed by atoms with Crippen LogP contribution < -0.4 is 20.1 Å². The van der Waals surface area contributed by atoms with Gasteiger partial charge in [0, 0.05) is 12.1 Å². The highest BCUT2D eigenvalue weighted by Gasteiger charge is 2.56. The second-order valence-electron chi connectivity index (χ2n) is 16.9. The second-order valence-corrected chi connectivity index (χ2v) is 16.9. The van der Waals surface area contributed by atoms with E-state index in [0.29, 0.717) is 22.9 Å². The Bertz CT molecular complexity index is 1300. The Balaban J connectivity index is 0.804. The molecule has 0 saturated heterocycles. The van der Waals surface area contributed by atoms with Gasteiger partial charge in [0.15, 0.2) is 0 Å². The third-order valence-electron chi connectivity index (χ3n) is 15.3. The molecule has 6 aliphatic rings. The number of hydrogen-bond acceptors (Lipinski definition) is 4. The quantitative estimate of drug-likeness (QED) is 0.274. The first kappa shape index (κ1) is 31.2. The summed E-state index contributed by atoms with van der Waals surface area (Å²) >= 11 is 0. The predicted molar refractivity (Wildman–Crippen MR) is 188 cm³/mol. The molecule has 8 rings (SSSR count). The number of hydrogen-bond donors (Lipinski definition) is 2. The Morgan fingerprint density at radius 2 is 1.07 bits per heavy atom. The summed E-state index contributed by atoms with van der Waals surface area (Å²) in [5.41, 5.74) is 7.35. The van der Waals surface area contributed by atoms with Crippen LogP contribution in [-0.4, -0.2) is 39.4 Å². The third kappa shape index (κ3) is 5.15. The molecular weight excluding hydrogens is 564 g/mol. The van der Waals surface area contributed by atoms with Gasteiger partial charge in [-0.1, -0.05) is 26.0 Å². The molecule has 10 atom stereocenters. The van der Waals surface area contributed by atoms with Crippen LogP contribution in [0.4, 0.5) is 0 Å². The standard InChI is InChI=1S/C42H60N2O2/c1-41-21-19-33-31-13-9-29(45-3)25-27(31)7-11-35(33)37(41)15-17-39(41)43-23-5-6-24-44-40-18-16-38-36-12-8-28-26-30(46-4)10-14-32(28)34(36)20-22-42(38,40)2/h9-10,13-14,25-26,33-40,43-44H,5-8,11-12,15-24H2,1-4H3/t33?,34?,35?,36?,37?,38?,39-,40-,41-,42-/m0/s1. The van der Waals surface area contributed by atoms with Gasteiger partial charge < -0.3 is 20.1 Å². The van der Waals surface area contributed by atoms with E-state index in [9.17, 15) is 0 Å². The summed E-state index contributed by atoms with van der Waals surface area (Å²) in [6, 6.07) is 15.2. The Kier molecular flexibility index (Phi) is 8.45. The van der Waals surface area contributed by atoms with E-state index in [0.717, 1.165) is 47.0 Å². The lowest BCUT2D eigenvalue weighted by atomic mass is 9.55. The van der Waals surface area contributed by atoms with Gasteiger partial charge in [0.05, 0.1) is 14.2 Å². The first-order chi connectivity index (χ1) is 22.4. The first-order valence-electron chi connectivity index (χ1n) is 19.2. The Hall–Kier alpha value is -2.04. The van der Waals surface area contributed by atoms with Gasteiger partial charge in [0.2, 0.25) is 0 Å². The molecule has 4 heteroatoms. The minimum Gasteiger partial charge on any atom is -0.497 e. The highest BCUT2D eigenvalue weighted by molar-refractivity contribution is 5.42. The van der Waals surface area contributed by atoms with E-state index < -0.39 is 0 Å². The van der Waals surface area contributed by atoms with Crippen LogP contribution in [0.25, 0.3) is 0 Å². The van der Waals surface area contributed by atoms with Crippen LogP contribution in [-0.2, 0) is 12.8 Å². The molecule has 46 heavy (non-hydrogen) atoms. The largest absolute Gasteiger partial charge is 0.497 e. The van der Waals surface area contributed by atoms with E-state index in [1.54, 1.807) is 36.5 Å². The van der Waals surface area contributed by atoms with Crippen molar-refractivity contribution >= 4 is 0 Å². The van der Waals surface area contributed by atoms with Crippen molar-refractivity contribution in [1.29, 1.82) is 0 Å². The number of methoxy groups -OCH3 is 2. The average molecular weight is 625 g/mol. The zero-order chi connectivity index (χ0) is 31.5. The maximum atomic E-state index is 5.55. The Labute approximate surface area is 279 Å². The molecule has 2 N–H and O–H groups in total. The van der Waals surface area contributed by atoms with Crippen molar-refractivity contribution in [3.8, 4) is 11.5 Å². The fourth-order valence-corrected chi connectivity index (χ4v) is 12.8. The zero-order valence-electron chi connectivity index (χ0n) is 29.2. The van der Waals surface area contributed by atoms with E-state index >= 15 is 0 Å². The molecule has 0 heterocycles. The van der Waals surface area contributed by atoms with Crippen molar-refractivity contribution in [3.63, 3.8) is 0 Å². The predicted octanol–water partition coefficient (Wildman–Crippen LogP) is 8.81. The molecule has 0 aliphatic heterocycles. The van der Waals surface area contributed by atoms with E-state index in [4.69, 9.17) is 9.47 Å². The van der Waals surface area contributed by atoms with Gasteiger partial charge in [0.1, 0.15) is 11.5 Å². The molecule has 6 aliphatic carbocycles. The fraction of sp³-hybridized carbons (Fsp3) is 0.714. The van der Waals surface area contributed by atoms with Crippen LogP contribution in [0.3, 0.4) is 0 Å². The fourth-order valence-electron chi connectivity index (χ4n) is 12.8. The highest BCUT2D eigenvalue weighted by atomic mass is 16.5. The number of unbranched alkanes of at least 4 members (excludes halogenated alkanes) is 1. The summed E-state index contributed by atoms with van der Waals surface area (Å²) < 4.78 is 11.1. The lowest BCUT2D eigenvalue weighted by Crippen LogP contribution is -2.49. The van der Waals surface area contributed by atoms with Gasteiger partial charge in [-0.15, -0.1) is 0 Å². The van der Waals surface area contributed by atoms with Crippen LogP contribution in [0.2, 0.25) is 0 Å². The highest BCUT2D eigenvalue weighted by Crippen LogP contribution is 2.62. The number of benzene rings is 2. The van der Waals surface area contributed by atoms with E-state index in [1.165, 1.54) is 103 Å². The summed E-state index contributed by atoms with van der Waals surface area (Å²) in [7, 11) is 3.59. The first-order valence-corrected chi connectivity index (χ1v) is 19.2. The van der Waals surface area contributed by atoms with Gasteiger partial charge in [-0.3, -0.25) is 0 Å². The van der Waals surface area contributed by atoms with Gasteiger partial charge in [-0.25, -0.2) is 0 Å². The van der Waals surface area contributed by atoms with Crippen LogP contribution in [0.5, 0.6) is 11.5 Å². The van der Waals surface area contributed by atoms with Crippen molar-refractivity contribution < 1.29 is 9.47 Å². The maximum absolute atomic E-state index is 5.55. The maximum Gasteiger partial charge on any atom is 0.119 e. The van der Waals surface area contributed by atoms with Crippen molar-refractivity contribution in [2.75, 3.05) is 27.3 Å². The summed E-state index contributed by atoms with van der Waals surface area (Å²) in [4.78, 5) is 0. The molecule has 6 unspecified atom stereocenters. The number of fused-ring (bicyclic) bond motifs is 10. The molecule has 0 bridgehead atoms. The molecule has 250 valence electrons. The van der Waals surface area contributed by atoms with Gasteiger partial charge >= 0.3 is 0 Å². The molecular formula is C42H60N2O2. The average Bonchev–Trinajstić information content (AvgIpc) is 3.61. The molecule has 4 saturated carbocycles. The van der Waals surface area contributed by atoms with Crippen LogP contribution >= 0.6 is 0 Å². The lowest BCUT2D eigenvalue weighted by Gasteiger charge is -2.51. The van der Waals surface area contributed by atoms with E-state index in [1.807, 2.05) is 0 Å². The second kappa shape index (κ2) is 12.4. The molecule has 4 nitrogen and oxygen atoms in total. The van der Waals surface area contributed by atoms with E-state index in [-0.39, 0.29) is 0 Å². The lowest BCUT2D eigenvalue weighted by molar-refractivity contribution is 0.0403. The topological polar surface area (TPSA) is 42.5 Å². The van der Waals surface area contributed by atoms with Crippen molar-refractivity contribution in [2.45, 2.75) is 128 Å². The van der Waals surface area contributed by atoms with Gasteiger partial charge in [-0.2, -0.15) is 0 Å². The van der Waals surface area contributed by atoms with Crippen LogP contribution in [0.1, 0.15) is 125 Å². The van der Waals surface area contributed by atoms with Gasteiger partial charge in [0.25, 0.3) is 0 Å². The molecule has 2 aromatic carbocycles. The van der Waals surface area contributed by atoms with Crippen molar-refractivity contribution in [2.24, 2.45) is 34.5 Å². The Morgan fingerprint density at radius 3 is 1.50 bits per heavy atom. The SMILES string of the molecule is COc1ccc2c(c1)CCC1C2CC[C@@]2(C)C1CC[C@@H]2NCCCCN[C@H]1CCC2C3CCc4cc(OC)ccc4C3CC[C@@]21C. The smallest absolute Gasteiger partial charge is 0.119 e. The molecule has 4 fully saturated rings. The number of ether oxygens (including phenoxy) is 2.